The fraction of sp³-hybridized carbons (Fsp3) is 0.429. The molecule has 0 radical (unpaired) electrons. The fourth-order valence-electron chi connectivity index (χ4n) is 1.83. The lowest BCUT2D eigenvalue weighted by Gasteiger charge is -2.08. The molecule has 4 heteroatoms. The first-order valence-corrected chi connectivity index (χ1v) is 6.55. The predicted octanol–water partition coefficient (Wildman–Crippen LogP) is 2.73. The minimum absolute atomic E-state index is 0.861. The van der Waals surface area contributed by atoms with Gasteiger partial charge in [0.05, 0.1) is 0 Å². The lowest BCUT2D eigenvalue weighted by Crippen LogP contribution is -2.11. The molecule has 0 amide bonds. The Balaban J connectivity index is 1.81. The Morgan fingerprint density at radius 2 is 2.17 bits per heavy atom. The molecule has 0 fully saturated rings. The topological polar surface area (TPSA) is 42.7 Å². The number of nitrogens with one attached hydrogen (secondary N) is 1. The predicted molar refractivity (Wildman–Crippen MR) is 73.6 cm³/mol. The van der Waals surface area contributed by atoms with Crippen molar-refractivity contribution in [3.63, 3.8) is 0 Å². The van der Waals surface area contributed by atoms with E-state index in [9.17, 15) is 0 Å². The zero-order valence-electron chi connectivity index (χ0n) is 10.8. The number of hydrogen-bond donors (Lipinski definition) is 1. The van der Waals surface area contributed by atoms with Crippen molar-refractivity contribution in [3.05, 3.63) is 42.5 Å². The molecule has 0 aliphatic rings. The van der Waals surface area contributed by atoms with Crippen LogP contribution in [-0.2, 0) is 13.0 Å². The van der Waals surface area contributed by atoms with Crippen LogP contribution in [0, 0.1) is 0 Å². The van der Waals surface area contributed by atoms with E-state index < -0.39 is 0 Å². The van der Waals surface area contributed by atoms with Gasteiger partial charge >= 0.3 is 0 Å². The van der Waals surface area contributed by atoms with Crippen LogP contribution in [-0.4, -0.2) is 21.1 Å². The highest BCUT2D eigenvalue weighted by Gasteiger charge is 2.01. The maximum absolute atomic E-state index is 4.33. The molecule has 0 aliphatic heterocycles. The number of aromatic nitrogens is 3. The standard InChI is InChI=1S/C14H20N4/c1-2-3-11-18-12-10-17-14(18)16-9-7-13-6-4-5-8-15-13/h4-6,8,10,12H,2-3,7,9,11H2,1H3,(H,16,17). The van der Waals surface area contributed by atoms with E-state index in [4.69, 9.17) is 0 Å². The molecule has 0 saturated carbocycles. The molecule has 2 aromatic rings. The van der Waals surface area contributed by atoms with E-state index in [-0.39, 0.29) is 0 Å². The third-order valence-electron chi connectivity index (χ3n) is 2.86. The van der Waals surface area contributed by atoms with Gasteiger partial charge in [0.2, 0.25) is 5.95 Å². The Morgan fingerprint density at radius 3 is 2.94 bits per heavy atom. The van der Waals surface area contributed by atoms with Crippen LogP contribution in [0.1, 0.15) is 25.5 Å². The van der Waals surface area contributed by atoms with Gasteiger partial charge in [-0.1, -0.05) is 19.4 Å². The summed E-state index contributed by atoms with van der Waals surface area (Å²) in [5, 5.41) is 3.36. The van der Waals surface area contributed by atoms with Crippen molar-refractivity contribution in [2.75, 3.05) is 11.9 Å². The maximum atomic E-state index is 4.33. The molecule has 0 spiro atoms. The molecule has 0 saturated heterocycles. The Bertz CT molecular complexity index is 450. The number of rotatable bonds is 7. The van der Waals surface area contributed by atoms with E-state index >= 15 is 0 Å². The molecule has 0 aromatic carbocycles. The second-order valence-corrected chi connectivity index (χ2v) is 4.30. The summed E-state index contributed by atoms with van der Waals surface area (Å²) in [4.78, 5) is 8.63. The molecule has 2 rings (SSSR count). The second kappa shape index (κ2) is 6.79. The zero-order valence-corrected chi connectivity index (χ0v) is 10.8. The summed E-state index contributed by atoms with van der Waals surface area (Å²) < 4.78 is 2.17. The normalized spacial score (nSPS) is 10.5. The highest BCUT2D eigenvalue weighted by atomic mass is 15.2. The Labute approximate surface area is 108 Å². The lowest BCUT2D eigenvalue weighted by molar-refractivity contribution is 0.635. The van der Waals surface area contributed by atoms with Crippen LogP contribution in [0.4, 0.5) is 5.95 Å². The van der Waals surface area contributed by atoms with Crippen molar-refractivity contribution < 1.29 is 0 Å². The summed E-state index contributed by atoms with van der Waals surface area (Å²) in [5.41, 5.74) is 1.11. The number of imidazole rings is 1. The Hall–Kier alpha value is -1.84. The van der Waals surface area contributed by atoms with Gasteiger partial charge in [-0.15, -0.1) is 0 Å². The van der Waals surface area contributed by atoms with Crippen LogP contribution in [0.25, 0.3) is 0 Å². The van der Waals surface area contributed by atoms with E-state index in [2.05, 4.69) is 26.8 Å². The third kappa shape index (κ3) is 3.58. The summed E-state index contributed by atoms with van der Waals surface area (Å²) in [5.74, 6) is 0.958. The average molecular weight is 244 g/mol. The van der Waals surface area contributed by atoms with Crippen molar-refractivity contribution in [3.8, 4) is 0 Å². The quantitative estimate of drug-likeness (QED) is 0.814. The molecular weight excluding hydrogens is 224 g/mol. The van der Waals surface area contributed by atoms with E-state index in [1.165, 1.54) is 12.8 Å². The van der Waals surface area contributed by atoms with Gasteiger partial charge in [-0.25, -0.2) is 4.98 Å². The van der Waals surface area contributed by atoms with Crippen LogP contribution in [0.5, 0.6) is 0 Å². The minimum atomic E-state index is 0.861. The van der Waals surface area contributed by atoms with Crippen molar-refractivity contribution in [2.45, 2.75) is 32.7 Å². The van der Waals surface area contributed by atoms with Gasteiger partial charge in [-0.05, 0) is 18.6 Å². The van der Waals surface area contributed by atoms with Crippen molar-refractivity contribution in [2.24, 2.45) is 0 Å². The van der Waals surface area contributed by atoms with E-state index in [1.54, 1.807) is 0 Å². The second-order valence-electron chi connectivity index (χ2n) is 4.30. The number of unbranched alkanes of at least 4 members (excludes halogenated alkanes) is 1. The molecule has 4 nitrogen and oxygen atoms in total. The van der Waals surface area contributed by atoms with Gasteiger partial charge in [0, 0.05) is 43.8 Å². The molecule has 0 bridgehead atoms. The van der Waals surface area contributed by atoms with Crippen molar-refractivity contribution >= 4 is 5.95 Å². The minimum Gasteiger partial charge on any atom is -0.355 e. The van der Waals surface area contributed by atoms with Gasteiger partial charge in [0.1, 0.15) is 0 Å². The molecular formula is C14H20N4. The lowest BCUT2D eigenvalue weighted by atomic mass is 10.3. The fourth-order valence-corrected chi connectivity index (χ4v) is 1.83. The number of hydrogen-bond acceptors (Lipinski definition) is 3. The highest BCUT2D eigenvalue weighted by molar-refractivity contribution is 5.26. The van der Waals surface area contributed by atoms with Crippen molar-refractivity contribution in [1.29, 1.82) is 0 Å². The summed E-state index contributed by atoms with van der Waals surface area (Å²) in [6, 6.07) is 6.00. The van der Waals surface area contributed by atoms with Crippen molar-refractivity contribution in [1.82, 2.24) is 14.5 Å². The van der Waals surface area contributed by atoms with Gasteiger partial charge in [0.15, 0.2) is 0 Å². The zero-order chi connectivity index (χ0) is 12.6. The van der Waals surface area contributed by atoms with Gasteiger partial charge in [0.25, 0.3) is 0 Å². The van der Waals surface area contributed by atoms with Crippen LogP contribution >= 0.6 is 0 Å². The molecule has 2 aromatic heterocycles. The number of aryl methyl sites for hydroxylation is 1. The molecule has 18 heavy (non-hydrogen) atoms. The van der Waals surface area contributed by atoms with E-state index in [0.717, 1.165) is 31.2 Å². The van der Waals surface area contributed by atoms with Gasteiger partial charge < -0.3 is 9.88 Å². The molecule has 2 heterocycles. The molecule has 96 valence electrons. The van der Waals surface area contributed by atoms with E-state index in [1.807, 2.05) is 36.8 Å². The van der Waals surface area contributed by atoms with Gasteiger partial charge in [-0.3, -0.25) is 4.98 Å². The maximum Gasteiger partial charge on any atom is 0.202 e. The molecule has 1 N–H and O–H groups in total. The Morgan fingerprint density at radius 1 is 1.22 bits per heavy atom. The Kier molecular flexibility index (Phi) is 4.76. The first-order valence-electron chi connectivity index (χ1n) is 6.55. The summed E-state index contributed by atoms with van der Waals surface area (Å²) in [7, 11) is 0. The SMILES string of the molecule is CCCCn1ccnc1NCCc1ccccn1. The number of nitrogens with zero attached hydrogens (tertiary/aromatic N) is 3. The average Bonchev–Trinajstić information content (AvgIpc) is 2.85. The summed E-state index contributed by atoms with van der Waals surface area (Å²) >= 11 is 0. The first-order chi connectivity index (χ1) is 8.90. The first kappa shape index (κ1) is 12.6. The molecule has 0 aliphatic carbocycles. The van der Waals surface area contributed by atoms with Gasteiger partial charge in [-0.2, -0.15) is 0 Å². The van der Waals surface area contributed by atoms with Crippen LogP contribution in [0.2, 0.25) is 0 Å². The molecule has 0 atom stereocenters. The third-order valence-corrected chi connectivity index (χ3v) is 2.86. The van der Waals surface area contributed by atoms with Crippen LogP contribution in [0.15, 0.2) is 36.8 Å². The highest BCUT2D eigenvalue weighted by Crippen LogP contribution is 2.06. The summed E-state index contributed by atoms with van der Waals surface area (Å²) in [6.45, 7) is 4.09. The summed E-state index contributed by atoms with van der Waals surface area (Å²) in [6.07, 6.45) is 9.01. The number of pyridine rings is 1. The molecule has 0 unspecified atom stereocenters. The van der Waals surface area contributed by atoms with Crippen LogP contribution in [0.3, 0.4) is 0 Å². The van der Waals surface area contributed by atoms with Crippen LogP contribution < -0.4 is 5.32 Å². The number of anilines is 1. The monoisotopic (exact) mass is 244 g/mol. The largest absolute Gasteiger partial charge is 0.355 e. The smallest absolute Gasteiger partial charge is 0.202 e. The van der Waals surface area contributed by atoms with E-state index in [0.29, 0.717) is 0 Å².